The summed E-state index contributed by atoms with van der Waals surface area (Å²) in [5.41, 5.74) is 0.647. The van der Waals surface area contributed by atoms with Crippen molar-refractivity contribution in [1.29, 1.82) is 0 Å². The van der Waals surface area contributed by atoms with Gasteiger partial charge in [-0.1, -0.05) is 6.07 Å². The number of rotatable bonds is 2. The summed E-state index contributed by atoms with van der Waals surface area (Å²) >= 11 is 0. The van der Waals surface area contributed by atoms with Crippen LogP contribution in [0.1, 0.15) is 32.3 Å². The minimum absolute atomic E-state index is 0.354. The molecule has 0 radical (unpaired) electrons. The van der Waals surface area contributed by atoms with Crippen LogP contribution in [0.3, 0.4) is 0 Å². The van der Waals surface area contributed by atoms with Crippen molar-refractivity contribution in [3.8, 4) is 11.5 Å². The zero-order chi connectivity index (χ0) is 12.1. The van der Waals surface area contributed by atoms with E-state index >= 15 is 0 Å². The van der Waals surface area contributed by atoms with E-state index < -0.39 is 5.79 Å². The minimum Gasteiger partial charge on any atom is -0.449 e. The second kappa shape index (κ2) is 3.11. The Hall–Kier alpha value is -1.80. The molecule has 1 aromatic rings. The van der Waals surface area contributed by atoms with Crippen molar-refractivity contribution in [1.82, 2.24) is 0 Å². The number of ether oxygens (including phenoxy) is 2. The van der Waals surface area contributed by atoms with Gasteiger partial charge in [0.15, 0.2) is 11.5 Å². The number of benzene rings is 1. The second-order valence-corrected chi connectivity index (χ2v) is 5.00. The molecular weight excluding hydrogens is 218 g/mol. The van der Waals surface area contributed by atoms with E-state index in [-0.39, 0.29) is 5.54 Å². The fourth-order valence-corrected chi connectivity index (χ4v) is 2.18. The Balaban J connectivity index is 1.99. The number of aliphatic imine (C=N–C) groups is 1. The minimum atomic E-state index is -0.619. The van der Waals surface area contributed by atoms with Gasteiger partial charge in [-0.3, -0.25) is 0 Å². The van der Waals surface area contributed by atoms with Crippen LogP contribution >= 0.6 is 0 Å². The van der Waals surface area contributed by atoms with Crippen LogP contribution in [0, 0.1) is 0 Å². The fourth-order valence-electron chi connectivity index (χ4n) is 2.18. The number of hydrogen-bond acceptors (Lipinski definition) is 4. The van der Waals surface area contributed by atoms with Crippen LogP contribution in [-0.2, 0) is 10.3 Å². The Morgan fingerprint density at radius 2 is 1.94 bits per heavy atom. The average molecular weight is 231 g/mol. The Labute approximate surface area is 99.3 Å². The molecule has 0 amide bonds. The van der Waals surface area contributed by atoms with Gasteiger partial charge in [-0.2, -0.15) is 4.99 Å². The van der Waals surface area contributed by atoms with Crippen LogP contribution in [0.4, 0.5) is 0 Å². The molecule has 1 saturated carbocycles. The standard InChI is InChI=1S/C13H13NO3/c1-12(2)16-10-4-3-9(7-11(10)17-12)13(5-6-13)14-8-15/h3-4,7H,5-6H2,1-2H3. The summed E-state index contributed by atoms with van der Waals surface area (Å²) in [6.07, 6.45) is 3.44. The van der Waals surface area contributed by atoms with E-state index in [9.17, 15) is 4.79 Å². The maximum absolute atomic E-state index is 10.4. The van der Waals surface area contributed by atoms with E-state index in [1.165, 1.54) is 0 Å². The summed E-state index contributed by atoms with van der Waals surface area (Å²) in [6, 6.07) is 5.73. The molecule has 17 heavy (non-hydrogen) atoms. The van der Waals surface area contributed by atoms with E-state index in [4.69, 9.17) is 9.47 Å². The topological polar surface area (TPSA) is 47.9 Å². The lowest BCUT2D eigenvalue weighted by molar-refractivity contribution is -0.0431. The molecule has 88 valence electrons. The first kappa shape index (κ1) is 10.4. The van der Waals surface area contributed by atoms with Crippen molar-refractivity contribution in [2.75, 3.05) is 0 Å². The van der Waals surface area contributed by atoms with Gasteiger partial charge in [-0.05, 0) is 30.5 Å². The molecule has 1 aliphatic carbocycles. The highest BCUT2D eigenvalue weighted by Crippen LogP contribution is 2.52. The molecule has 0 N–H and O–H groups in total. The van der Waals surface area contributed by atoms with E-state index in [1.807, 2.05) is 32.0 Å². The lowest BCUT2D eigenvalue weighted by atomic mass is 10.1. The van der Waals surface area contributed by atoms with E-state index in [0.717, 1.165) is 29.9 Å². The van der Waals surface area contributed by atoms with Crippen LogP contribution in [0.2, 0.25) is 0 Å². The molecular formula is C13H13NO3. The molecule has 0 unspecified atom stereocenters. The molecule has 1 heterocycles. The second-order valence-electron chi connectivity index (χ2n) is 5.00. The number of hydrogen-bond donors (Lipinski definition) is 0. The van der Waals surface area contributed by atoms with E-state index in [0.29, 0.717) is 0 Å². The quantitative estimate of drug-likeness (QED) is 0.580. The van der Waals surface area contributed by atoms with Gasteiger partial charge >= 0.3 is 0 Å². The van der Waals surface area contributed by atoms with Gasteiger partial charge in [0.05, 0.1) is 5.54 Å². The van der Waals surface area contributed by atoms with Crippen molar-refractivity contribution in [2.45, 2.75) is 38.0 Å². The summed E-state index contributed by atoms with van der Waals surface area (Å²) in [5, 5.41) is 0. The zero-order valence-electron chi connectivity index (χ0n) is 9.82. The summed E-state index contributed by atoms with van der Waals surface area (Å²) in [4.78, 5) is 14.3. The van der Waals surface area contributed by atoms with Crippen molar-refractivity contribution < 1.29 is 14.3 Å². The predicted molar refractivity (Wildman–Crippen MR) is 60.8 cm³/mol. The highest BCUT2D eigenvalue weighted by molar-refractivity contribution is 5.50. The Bertz CT molecular complexity index is 525. The maximum atomic E-state index is 10.4. The summed E-state index contributed by atoms with van der Waals surface area (Å²) in [6.45, 7) is 3.73. The van der Waals surface area contributed by atoms with Gasteiger partial charge in [0, 0.05) is 13.8 Å². The smallest absolute Gasteiger partial charge is 0.246 e. The molecule has 0 bridgehead atoms. The molecule has 1 aromatic carbocycles. The largest absolute Gasteiger partial charge is 0.449 e. The molecule has 1 aliphatic heterocycles. The van der Waals surface area contributed by atoms with E-state index in [1.54, 1.807) is 6.08 Å². The number of carbonyl (C=O) groups excluding carboxylic acids is 1. The molecule has 0 aromatic heterocycles. The highest BCUT2D eigenvalue weighted by atomic mass is 16.7. The Kier molecular flexibility index (Phi) is 1.90. The average Bonchev–Trinajstić information content (AvgIpc) is 2.94. The third-order valence-corrected chi connectivity index (χ3v) is 3.18. The lowest BCUT2D eigenvalue weighted by Crippen LogP contribution is -2.29. The summed E-state index contributed by atoms with van der Waals surface area (Å²) in [5.74, 6) is 0.843. The van der Waals surface area contributed by atoms with Crippen molar-refractivity contribution in [2.24, 2.45) is 4.99 Å². The van der Waals surface area contributed by atoms with Gasteiger partial charge in [0.1, 0.15) is 0 Å². The number of isocyanates is 1. The third kappa shape index (κ3) is 1.61. The maximum Gasteiger partial charge on any atom is 0.246 e. The number of fused-ring (bicyclic) bond motifs is 1. The van der Waals surface area contributed by atoms with Gasteiger partial charge in [-0.15, -0.1) is 0 Å². The lowest BCUT2D eigenvalue weighted by Gasteiger charge is -2.16. The van der Waals surface area contributed by atoms with Gasteiger partial charge in [0.25, 0.3) is 0 Å². The zero-order valence-corrected chi connectivity index (χ0v) is 9.82. The van der Waals surface area contributed by atoms with Crippen LogP contribution in [0.15, 0.2) is 23.2 Å². The molecule has 0 spiro atoms. The highest BCUT2D eigenvalue weighted by Gasteiger charge is 2.46. The normalized spacial score (nSPS) is 21.8. The van der Waals surface area contributed by atoms with E-state index in [2.05, 4.69) is 4.99 Å². The van der Waals surface area contributed by atoms with Crippen LogP contribution in [0.5, 0.6) is 11.5 Å². The van der Waals surface area contributed by atoms with Gasteiger partial charge in [0.2, 0.25) is 11.9 Å². The monoisotopic (exact) mass is 231 g/mol. The SMILES string of the molecule is CC1(C)Oc2ccc(C3(N=C=O)CC3)cc2O1. The number of nitrogens with zero attached hydrogens (tertiary/aromatic N) is 1. The van der Waals surface area contributed by atoms with Crippen LogP contribution in [-0.4, -0.2) is 11.9 Å². The predicted octanol–water partition coefficient (Wildman–Crippen LogP) is 2.52. The fraction of sp³-hybridized carbons (Fsp3) is 0.462. The Morgan fingerprint density at radius 3 is 2.59 bits per heavy atom. The van der Waals surface area contributed by atoms with Crippen molar-refractivity contribution >= 4 is 6.08 Å². The van der Waals surface area contributed by atoms with Gasteiger partial charge in [-0.25, -0.2) is 4.79 Å². The van der Waals surface area contributed by atoms with Crippen molar-refractivity contribution in [3.63, 3.8) is 0 Å². The molecule has 4 heteroatoms. The first-order valence-corrected chi connectivity index (χ1v) is 5.66. The first-order chi connectivity index (χ1) is 8.05. The summed E-state index contributed by atoms with van der Waals surface area (Å²) < 4.78 is 11.3. The first-order valence-electron chi connectivity index (χ1n) is 5.66. The molecule has 1 fully saturated rings. The molecule has 0 atom stereocenters. The summed E-state index contributed by atoms with van der Waals surface area (Å²) in [7, 11) is 0. The van der Waals surface area contributed by atoms with Crippen LogP contribution < -0.4 is 9.47 Å². The molecule has 3 rings (SSSR count). The van der Waals surface area contributed by atoms with Gasteiger partial charge < -0.3 is 9.47 Å². The molecule has 4 nitrogen and oxygen atoms in total. The Morgan fingerprint density at radius 1 is 1.24 bits per heavy atom. The third-order valence-electron chi connectivity index (χ3n) is 3.18. The van der Waals surface area contributed by atoms with Crippen molar-refractivity contribution in [3.05, 3.63) is 23.8 Å². The molecule has 0 saturated heterocycles. The van der Waals surface area contributed by atoms with Crippen LogP contribution in [0.25, 0.3) is 0 Å². The molecule has 2 aliphatic rings.